The predicted octanol–water partition coefficient (Wildman–Crippen LogP) is 4.07. The molecule has 0 saturated carbocycles. The monoisotopic (exact) mass is 281 g/mol. The fourth-order valence-electron chi connectivity index (χ4n) is 2.11. The number of hydrogen-bond donors (Lipinski definition) is 1. The van der Waals surface area contributed by atoms with Crippen LogP contribution < -0.4 is 10.5 Å². The van der Waals surface area contributed by atoms with Crippen LogP contribution in [0.5, 0.6) is 11.6 Å². The molecule has 0 amide bonds. The predicted molar refractivity (Wildman–Crippen MR) is 83.4 cm³/mol. The van der Waals surface area contributed by atoms with E-state index in [9.17, 15) is 5.26 Å². The summed E-state index contributed by atoms with van der Waals surface area (Å²) < 4.78 is 5.92. The average molecular weight is 281 g/mol. The van der Waals surface area contributed by atoms with Gasteiger partial charge in [-0.3, -0.25) is 0 Å². The number of hydrogen-bond acceptors (Lipinski definition) is 4. The Balaban J connectivity index is 2.52. The van der Waals surface area contributed by atoms with Crippen molar-refractivity contribution in [2.24, 2.45) is 0 Å². The number of nitriles is 1. The van der Waals surface area contributed by atoms with Gasteiger partial charge in [-0.1, -0.05) is 13.8 Å². The molecule has 0 aliphatic rings. The number of aryl methyl sites for hydroxylation is 2. The van der Waals surface area contributed by atoms with Crippen molar-refractivity contribution in [2.75, 3.05) is 5.73 Å². The van der Waals surface area contributed by atoms with Gasteiger partial charge in [-0.05, 0) is 54.7 Å². The van der Waals surface area contributed by atoms with Crippen LogP contribution in [-0.2, 0) is 0 Å². The summed E-state index contributed by atoms with van der Waals surface area (Å²) in [5, 5.41) is 9.26. The summed E-state index contributed by atoms with van der Waals surface area (Å²) in [6, 6.07) is 7.77. The van der Waals surface area contributed by atoms with Crippen molar-refractivity contribution < 1.29 is 4.74 Å². The molecular formula is C17H19N3O. The van der Waals surface area contributed by atoms with Gasteiger partial charge >= 0.3 is 0 Å². The number of rotatable bonds is 3. The van der Waals surface area contributed by atoms with Gasteiger partial charge in [0.05, 0.1) is 0 Å². The Hall–Kier alpha value is -2.54. The fourth-order valence-corrected chi connectivity index (χ4v) is 2.11. The molecule has 0 radical (unpaired) electrons. The quantitative estimate of drug-likeness (QED) is 0.861. The van der Waals surface area contributed by atoms with Crippen LogP contribution in [0.25, 0.3) is 0 Å². The largest absolute Gasteiger partial charge is 0.437 e. The van der Waals surface area contributed by atoms with E-state index in [-0.39, 0.29) is 5.92 Å². The van der Waals surface area contributed by atoms with E-state index in [1.165, 1.54) is 0 Å². The van der Waals surface area contributed by atoms with Crippen molar-refractivity contribution in [3.8, 4) is 17.7 Å². The maximum atomic E-state index is 9.26. The van der Waals surface area contributed by atoms with Gasteiger partial charge in [-0.25, -0.2) is 4.98 Å². The molecule has 0 fully saturated rings. The normalized spacial score (nSPS) is 10.5. The molecule has 0 saturated heterocycles. The first-order chi connectivity index (χ1) is 9.93. The van der Waals surface area contributed by atoms with Gasteiger partial charge < -0.3 is 10.5 Å². The number of nitrogens with zero attached hydrogens (tertiary/aromatic N) is 2. The van der Waals surface area contributed by atoms with Crippen molar-refractivity contribution in [2.45, 2.75) is 33.6 Å². The van der Waals surface area contributed by atoms with Gasteiger partial charge in [0.25, 0.3) is 0 Å². The molecule has 0 aliphatic heterocycles. The minimum absolute atomic E-state index is 0.262. The van der Waals surface area contributed by atoms with Crippen LogP contribution in [0.1, 0.15) is 42.0 Å². The summed E-state index contributed by atoms with van der Waals surface area (Å²) in [6.45, 7) is 7.95. The highest BCUT2D eigenvalue weighted by Gasteiger charge is 2.15. The summed E-state index contributed by atoms with van der Waals surface area (Å²) >= 11 is 0. The molecule has 2 N–H and O–H groups in total. The standard InChI is InChI=1S/C17H19N3O/c1-10(2)13-8-15(19)12(4)7-16(13)21-17-14(9-18)11(3)5-6-20-17/h5-8,10H,19H2,1-4H3. The van der Waals surface area contributed by atoms with Crippen LogP contribution in [0.2, 0.25) is 0 Å². The smallest absolute Gasteiger partial charge is 0.237 e. The van der Waals surface area contributed by atoms with Crippen molar-refractivity contribution in [3.63, 3.8) is 0 Å². The molecular weight excluding hydrogens is 262 g/mol. The second kappa shape index (κ2) is 5.84. The Morgan fingerprint density at radius 3 is 2.57 bits per heavy atom. The van der Waals surface area contributed by atoms with E-state index >= 15 is 0 Å². The van der Waals surface area contributed by atoms with Gasteiger partial charge in [0.1, 0.15) is 17.4 Å². The fraction of sp³-hybridized carbons (Fsp3) is 0.294. The molecule has 0 bridgehead atoms. The Kier molecular flexibility index (Phi) is 4.13. The van der Waals surface area contributed by atoms with E-state index in [2.05, 4.69) is 24.9 Å². The molecule has 2 rings (SSSR count). The topological polar surface area (TPSA) is 71.9 Å². The van der Waals surface area contributed by atoms with Crippen molar-refractivity contribution in [3.05, 3.63) is 46.6 Å². The highest BCUT2D eigenvalue weighted by Crippen LogP contribution is 2.34. The van der Waals surface area contributed by atoms with E-state index in [1.54, 1.807) is 12.3 Å². The zero-order valence-corrected chi connectivity index (χ0v) is 12.8. The maximum Gasteiger partial charge on any atom is 0.237 e. The van der Waals surface area contributed by atoms with Crippen LogP contribution in [0.4, 0.5) is 5.69 Å². The Morgan fingerprint density at radius 1 is 1.24 bits per heavy atom. The molecule has 0 atom stereocenters. The van der Waals surface area contributed by atoms with Gasteiger partial charge in [0.15, 0.2) is 0 Å². The third-order valence-electron chi connectivity index (χ3n) is 3.46. The lowest BCUT2D eigenvalue weighted by Crippen LogP contribution is -2.01. The molecule has 4 nitrogen and oxygen atoms in total. The minimum Gasteiger partial charge on any atom is -0.437 e. The molecule has 0 spiro atoms. The molecule has 0 aliphatic carbocycles. The Morgan fingerprint density at radius 2 is 1.95 bits per heavy atom. The molecule has 108 valence electrons. The van der Waals surface area contributed by atoms with Crippen LogP contribution in [-0.4, -0.2) is 4.98 Å². The van der Waals surface area contributed by atoms with E-state index in [1.807, 2.05) is 26.0 Å². The Bertz CT molecular complexity index is 715. The van der Waals surface area contributed by atoms with Gasteiger partial charge in [-0.15, -0.1) is 0 Å². The lowest BCUT2D eigenvalue weighted by atomic mass is 9.99. The molecule has 21 heavy (non-hydrogen) atoms. The number of anilines is 1. The first-order valence-corrected chi connectivity index (χ1v) is 6.87. The molecule has 1 aromatic carbocycles. The third kappa shape index (κ3) is 2.97. The summed E-state index contributed by atoms with van der Waals surface area (Å²) in [4.78, 5) is 4.18. The highest BCUT2D eigenvalue weighted by atomic mass is 16.5. The molecule has 4 heteroatoms. The Labute approximate surface area is 125 Å². The zero-order valence-electron chi connectivity index (χ0n) is 12.8. The summed E-state index contributed by atoms with van der Waals surface area (Å²) in [7, 11) is 0. The van der Waals surface area contributed by atoms with E-state index in [0.717, 1.165) is 22.4 Å². The lowest BCUT2D eigenvalue weighted by Gasteiger charge is -2.16. The zero-order chi connectivity index (χ0) is 15.6. The average Bonchev–Trinajstić information content (AvgIpc) is 2.42. The minimum atomic E-state index is 0.262. The second-order valence-corrected chi connectivity index (χ2v) is 5.42. The highest BCUT2D eigenvalue weighted by molar-refractivity contribution is 5.56. The van der Waals surface area contributed by atoms with Crippen molar-refractivity contribution >= 4 is 5.69 Å². The first kappa shape index (κ1) is 14.9. The summed E-state index contributed by atoms with van der Waals surface area (Å²) in [6.07, 6.45) is 1.64. The van der Waals surface area contributed by atoms with Crippen molar-refractivity contribution in [1.29, 1.82) is 5.26 Å². The molecule has 1 aromatic heterocycles. The van der Waals surface area contributed by atoms with Gasteiger partial charge in [0.2, 0.25) is 5.88 Å². The van der Waals surface area contributed by atoms with Crippen LogP contribution >= 0.6 is 0 Å². The SMILES string of the molecule is Cc1cc(Oc2nccc(C)c2C#N)c(C(C)C)cc1N. The van der Waals surface area contributed by atoms with Crippen LogP contribution in [0.3, 0.4) is 0 Å². The van der Waals surface area contributed by atoms with Crippen LogP contribution in [0.15, 0.2) is 24.4 Å². The number of benzene rings is 1. The number of pyridine rings is 1. The van der Waals surface area contributed by atoms with E-state index in [4.69, 9.17) is 10.5 Å². The van der Waals surface area contributed by atoms with Crippen molar-refractivity contribution in [1.82, 2.24) is 4.98 Å². The van der Waals surface area contributed by atoms with Gasteiger partial charge in [-0.2, -0.15) is 5.26 Å². The van der Waals surface area contributed by atoms with Crippen LogP contribution in [0, 0.1) is 25.2 Å². The second-order valence-electron chi connectivity index (χ2n) is 5.42. The molecule has 2 aromatic rings. The van der Waals surface area contributed by atoms with E-state index in [0.29, 0.717) is 17.2 Å². The summed E-state index contributed by atoms with van der Waals surface area (Å²) in [5.74, 6) is 1.30. The number of nitrogen functional groups attached to an aromatic ring is 1. The third-order valence-corrected chi connectivity index (χ3v) is 3.46. The first-order valence-electron chi connectivity index (χ1n) is 6.87. The molecule has 1 heterocycles. The van der Waals surface area contributed by atoms with Gasteiger partial charge in [0, 0.05) is 11.9 Å². The summed E-state index contributed by atoms with van der Waals surface area (Å²) in [5.41, 5.74) is 9.97. The number of ether oxygens (including phenoxy) is 1. The number of nitrogens with two attached hydrogens (primary N) is 1. The number of aromatic nitrogens is 1. The van der Waals surface area contributed by atoms with E-state index < -0.39 is 0 Å². The molecule has 0 unspecified atom stereocenters. The maximum absolute atomic E-state index is 9.26. The lowest BCUT2D eigenvalue weighted by molar-refractivity contribution is 0.452.